The van der Waals surface area contributed by atoms with Crippen LogP contribution < -0.4 is 20.1 Å². The quantitative estimate of drug-likeness (QED) is 0.329. The fraction of sp³-hybridized carbons (Fsp3) is 0.526. The Hall–Kier alpha value is -2.04. The molecule has 2 N–H and O–H groups in total. The van der Waals surface area contributed by atoms with Crippen LogP contribution in [0.1, 0.15) is 30.6 Å². The number of aryl methyl sites for hydroxylation is 1. The smallest absolute Gasteiger partial charge is 0.191 e. The maximum Gasteiger partial charge on any atom is 0.191 e. The topological polar surface area (TPSA) is 85.6 Å². The molecule has 1 aliphatic heterocycles. The first-order chi connectivity index (χ1) is 13.2. The van der Waals surface area contributed by atoms with E-state index in [1.54, 1.807) is 14.2 Å². The standard InChI is InChI=1S/C19H28N6O2.HI/c1-4-20-19(22-13-18-24-23-17-6-5-11-25(17)18)21-10-9-14-7-8-15(26-2)16(12-14)27-3;/h7-8,12H,4-6,9-11,13H2,1-3H3,(H2,20,21,22);1H. The number of nitrogens with one attached hydrogen (secondary N) is 2. The summed E-state index contributed by atoms with van der Waals surface area (Å²) in [5.74, 6) is 4.28. The second kappa shape index (κ2) is 11.1. The first-order valence-corrected chi connectivity index (χ1v) is 9.39. The lowest BCUT2D eigenvalue weighted by atomic mass is 10.1. The van der Waals surface area contributed by atoms with Gasteiger partial charge in [-0.2, -0.15) is 0 Å². The molecule has 0 radical (unpaired) electrons. The third-order valence-corrected chi connectivity index (χ3v) is 4.56. The molecule has 0 amide bonds. The molecule has 0 fully saturated rings. The van der Waals surface area contributed by atoms with E-state index in [9.17, 15) is 0 Å². The Morgan fingerprint density at radius 1 is 1.18 bits per heavy atom. The van der Waals surface area contributed by atoms with Crippen molar-refractivity contribution >= 4 is 29.9 Å². The second-order valence-electron chi connectivity index (χ2n) is 6.35. The number of hydrogen-bond acceptors (Lipinski definition) is 5. The summed E-state index contributed by atoms with van der Waals surface area (Å²) in [4.78, 5) is 4.65. The number of methoxy groups -OCH3 is 2. The lowest BCUT2D eigenvalue weighted by molar-refractivity contribution is 0.354. The minimum absolute atomic E-state index is 0. The molecule has 9 heteroatoms. The Balaban J connectivity index is 0.00000280. The average molecular weight is 500 g/mol. The van der Waals surface area contributed by atoms with E-state index in [1.807, 2.05) is 18.2 Å². The Morgan fingerprint density at radius 3 is 2.75 bits per heavy atom. The minimum atomic E-state index is 0. The number of hydrogen-bond donors (Lipinski definition) is 2. The first kappa shape index (κ1) is 22.3. The van der Waals surface area contributed by atoms with Crippen molar-refractivity contribution in [3.05, 3.63) is 35.4 Å². The molecular weight excluding hydrogens is 471 g/mol. The van der Waals surface area contributed by atoms with Gasteiger partial charge in [-0.25, -0.2) is 4.99 Å². The largest absolute Gasteiger partial charge is 0.493 e. The van der Waals surface area contributed by atoms with Crippen molar-refractivity contribution in [3.63, 3.8) is 0 Å². The highest BCUT2D eigenvalue weighted by Gasteiger charge is 2.16. The second-order valence-corrected chi connectivity index (χ2v) is 6.35. The fourth-order valence-corrected chi connectivity index (χ4v) is 3.18. The van der Waals surface area contributed by atoms with Gasteiger partial charge in [-0.05, 0) is 37.5 Å². The number of ether oxygens (including phenoxy) is 2. The van der Waals surface area contributed by atoms with Gasteiger partial charge < -0.3 is 24.7 Å². The summed E-state index contributed by atoms with van der Waals surface area (Å²) >= 11 is 0. The van der Waals surface area contributed by atoms with Gasteiger partial charge in [0.25, 0.3) is 0 Å². The van der Waals surface area contributed by atoms with Gasteiger partial charge in [-0.15, -0.1) is 34.2 Å². The highest BCUT2D eigenvalue weighted by atomic mass is 127. The molecule has 8 nitrogen and oxygen atoms in total. The van der Waals surface area contributed by atoms with Gasteiger partial charge in [-0.3, -0.25) is 0 Å². The van der Waals surface area contributed by atoms with Crippen molar-refractivity contribution in [3.8, 4) is 11.5 Å². The molecule has 2 heterocycles. The third-order valence-electron chi connectivity index (χ3n) is 4.56. The van der Waals surface area contributed by atoms with Crippen molar-refractivity contribution < 1.29 is 9.47 Å². The number of benzene rings is 1. The lowest BCUT2D eigenvalue weighted by Gasteiger charge is -2.12. The van der Waals surface area contributed by atoms with Crippen LogP contribution in [0, 0.1) is 0 Å². The fourth-order valence-electron chi connectivity index (χ4n) is 3.18. The predicted octanol–water partition coefficient (Wildman–Crippen LogP) is 2.16. The SMILES string of the molecule is CCNC(=NCc1nnc2n1CCC2)NCCc1ccc(OC)c(OC)c1.I. The molecule has 0 aliphatic carbocycles. The summed E-state index contributed by atoms with van der Waals surface area (Å²) in [6, 6.07) is 5.98. The zero-order valence-corrected chi connectivity index (χ0v) is 19.0. The lowest BCUT2D eigenvalue weighted by Crippen LogP contribution is -2.38. The normalized spacial score (nSPS) is 12.9. The Bertz CT molecular complexity index is 793. The van der Waals surface area contributed by atoms with Crippen LogP contribution >= 0.6 is 24.0 Å². The number of rotatable bonds is 8. The van der Waals surface area contributed by atoms with Crippen LogP contribution in [-0.2, 0) is 25.9 Å². The molecule has 3 rings (SSSR count). The molecule has 1 aromatic heterocycles. The molecule has 1 aromatic carbocycles. The highest BCUT2D eigenvalue weighted by molar-refractivity contribution is 14.0. The summed E-state index contributed by atoms with van der Waals surface area (Å²) in [5, 5.41) is 15.1. The molecule has 0 saturated heterocycles. The zero-order chi connectivity index (χ0) is 19.1. The number of aliphatic imine (C=N–C) groups is 1. The van der Waals surface area contributed by atoms with Gasteiger partial charge in [-0.1, -0.05) is 6.07 Å². The number of guanidine groups is 1. The van der Waals surface area contributed by atoms with Gasteiger partial charge in [0.2, 0.25) is 0 Å². The predicted molar refractivity (Wildman–Crippen MR) is 120 cm³/mol. The molecular formula is C19H29IN6O2. The summed E-state index contributed by atoms with van der Waals surface area (Å²) in [7, 11) is 3.29. The van der Waals surface area contributed by atoms with Crippen LogP contribution in [0.4, 0.5) is 0 Å². The minimum Gasteiger partial charge on any atom is -0.493 e. The number of aromatic nitrogens is 3. The summed E-state index contributed by atoms with van der Waals surface area (Å²) in [6.45, 7) is 5.15. The van der Waals surface area contributed by atoms with E-state index >= 15 is 0 Å². The van der Waals surface area contributed by atoms with Crippen molar-refractivity contribution in [1.29, 1.82) is 0 Å². The van der Waals surface area contributed by atoms with Crippen molar-refractivity contribution in [1.82, 2.24) is 25.4 Å². The summed E-state index contributed by atoms with van der Waals surface area (Å²) in [5.41, 5.74) is 1.17. The molecule has 154 valence electrons. The maximum absolute atomic E-state index is 5.36. The van der Waals surface area contributed by atoms with E-state index in [0.717, 1.165) is 68.0 Å². The van der Waals surface area contributed by atoms with Gasteiger partial charge in [0.1, 0.15) is 12.4 Å². The molecule has 0 bridgehead atoms. The van der Waals surface area contributed by atoms with E-state index < -0.39 is 0 Å². The maximum atomic E-state index is 5.36. The van der Waals surface area contributed by atoms with Gasteiger partial charge >= 0.3 is 0 Å². The van der Waals surface area contributed by atoms with Gasteiger partial charge in [0.05, 0.1) is 14.2 Å². The van der Waals surface area contributed by atoms with E-state index in [0.29, 0.717) is 6.54 Å². The van der Waals surface area contributed by atoms with Crippen molar-refractivity contribution in [2.45, 2.75) is 39.3 Å². The molecule has 1 aliphatic rings. The number of halogens is 1. The average Bonchev–Trinajstić information content (AvgIpc) is 3.30. The van der Waals surface area contributed by atoms with Crippen LogP contribution in [0.25, 0.3) is 0 Å². The monoisotopic (exact) mass is 500 g/mol. The Kier molecular flexibility index (Phi) is 8.81. The third kappa shape index (κ3) is 5.49. The van der Waals surface area contributed by atoms with E-state index in [4.69, 9.17) is 9.47 Å². The highest BCUT2D eigenvalue weighted by Crippen LogP contribution is 2.27. The van der Waals surface area contributed by atoms with Crippen LogP contribution in [0.5, 0.6) is 11.5 Å². The summed E-state index contributed by atoms with van der Waals surface area (Å²) in [6.07, 6.45) is 3.01. The molecule has 0 atom stereocenters. The van der Waals surface area contributed by atoms with Crippen LogP contribution in [0.2, 0.25) is 0 Å². The molecule has 28 heavy (non-hydrogen) atoms. The van der Waals surface area contributed by atoms with E-state index in [2.05, 4.69) is 37.3 Å². The Labute approximate surface area is 183 Å². The Morgan fingerprint density at radius 2 is 2.00 bits per heavy atom. The molecule has 0 unspecified atom stereocenters. The zero-order valence-electron chi connectivity index (χ0n) is 16.7. The van der Waals surface area contributed by atoms with Gasteiger partial charge in [0.15, 0.2) is 23.3 Å². The van der Waals surface area contributed by atoms with E-state index in [-0.39, 0.29) is 24.0 Å². The summed E-state index contributed by atoms with van der Waals surface area (Å²) < 4.78 is 12.8. The molecule has 0 saturated carbocycles. The van der Waals surface area contributed by atoms with Gasteiger partial charge in [0, 0.05) is 26.1 Å². The van der Waals surface area contributed by atoms with Crippen molar-refractivity contribution in [2.75, 3.05) is 27.3 Å². The number of fused-ring (bicyclic) bond motifs is 1. The number of nitrogens with zero attached hydrogens (tertiary/aromatic N) is 4. The van der Waals surface area contributed by atoms with Crippen LogP contribution in [-0.4, -0.2) is 48.0 Å². The van der Waals surface area contributed by atoms with Crippen molar-refractivity contribution in [2.24, 2.45) is 4.99 Å². The molecule has 2 aromatic rings. The van der Waals surface area contributed by atoms with Crippen LogP contribution in [0.15, 0.2) is 23.2 Å². The first-order valence-electron chi connectivity index (χ1n) is 9.39. The van der Waals surface area contributed by atoms with E-state index in [1.165, 1.54) is 5.56 Å². The van der Waals surface area contributed by atoms with Crippen LogP contribution in [0.3, 0.4) is 0 Å². The molecule has 0 spiro atoms.